The highest BCUT2D eigenvalue weighted by Crippen LogP contribution is 2.08. The number of aliphatic hydroxyl groups excluding tert-OH is 2. The molecule has 0 rings (SSSR count). The van der Waals surface area contributed by atoms with Crippen LogP contribution >= 0.6 is 0 Å². The molecule has 0 heterocycles. The summed E-state index contributed by atoms with van der Waals surface area (Å²) in [6.07, 6.45) is -4.18. The Kier molecular flexibility index (Phi) is 11.4. The fourth-order valence-corrected chi connectivity index (χ4v) is 2.18. The third kappa shape index (κ3) is 10.3. The Morgan fingerprint density at radius 3 is 1.88 bits per heavy atom. The largest absolute Gasteiger partial charge is 0.481 e. The van der Waals surface area contributed by atoms with Crippen molar-refractivity contribution in [3.05, 3.63) is 0 Å². The molecule has 148 valence electrons. The topological polar surface area (TPSA) is 171 Å². The fraction of sp³-hybridized carbons (Fsp3) is 0.857. The van der Waals surface area contributed by atoms with Crippen LogP contribution in [0.2, 0.25) is 0 Å². The summed E-state index contributed by atoms with van der Waals surface area (Å²) in [5, 5.41) is 54.0. The van der Waals surface area contributed by atoms with Crippen LogP contribution in [0.5, 0.6) is 0 Å². The molecule has 0 bridgehead atoms. The van der Waals surface area contributed by atoms with Crippen LogP contribution in [-0.2, 0) is 14.3 Å². The normalized spacial score (nSPS) is 14.5. The van der Waals surface area contributed by atoms with Gasteiger partial charge in [-0.1, -0.05) is 0 Å². The van der Waals surface area contributed by atoms with E-state index in [2.05, 4.69) is 0 Å². The lowest BCUT2D eigenvalue weighted by atomic mass is 10.1. The number of ether oxygens (including phenoxy) is 1. The molecule has 0 aromatic heterocycles. The van der Waals surface area contributed by atoms with Crippen LogP contribution < -0.4 is 0 Å². The molecule has 2 atom stereocenters. The van der Waals surface area contributed by atoms with Gasteiger partial charge in [0.15, 0.2) is 12.6 Å². The van der Waals surface area contributed by atoms with Crippen molar-refractivity contribution in [1.82, 2.24) is 9.80 Å². The molecule has 2 unspecified atom stereocenters. The Morgan fingerprint density at radius 2 is 1.48 bits per heavy atom. The SMILES string of the molecule is CN(CCOCCN(C)C(CC(O)O)C(O)O)C(CC(=O)O)C(=O)O. The van der Waals surface area contributed by atoms with Crippen LogP contribution in [0.3, 0.4) is 0 Å². The zero-order valence-corrected chi connectivity index (χ0v) is 14.4. The number of hydrogen-bond donors (Lipinski definition) is 6. The summed E-state index contributed by atoms with van der Waals surface area (Å²) in [5.74, 6) is -2.44. The number of aliphatic carboxylic acids is 2. The Hall–Kier alpha value is -1.34. The van der Waals surface area contributed by atoms with Crippen LogP contribution in [0.4, 0.5) is 0 Å². The van der Waals surface area contributed by atoms with Gasteiger partial charge in [0.05, 0.1) is 25.7 Å². The van der Waals surface area contributed by atoms with E-state index in [1.165, 1.54) is 16.8 Å². The summed E-state index contributed by atoms with van der Waals surface area (Å²) < 4.78 is 5.33. The number of nitrogens with zero attached hydrogens (tertiary/aromatic N) is 2. The Balaban J connectivity index is 4.18. The molecule has 11 nitrogen and oxygen atoms in total. The van der Waals surface area contributed by atoms with Crippen molar-refractivity contribution in [2.24, 2.45) is 0 Å². The highest BCUT2D eigenvalue weighted by atomic mass is 16.5. The van der Waals surface area contributed by atoms with Crippen molar-refractivity contribution in [2.45, 2.75) is 37.5 Å². The van der Waals surface area contributed by atoms with Gasteiger partial charge in [0.1, 0.15) is 6.04 Å². The van der Waals surface area contributed by atoms with Gasteiger partial charge in [0.2, 0.25) is 0 Å². The average molecular weight is 368 g/mol. The van der Waals surface area contributed by atoms with Crippen LogP contribution in [0.1, 0.15) is 12.8 Å². The molecule has 0 aliphatic heterocycles. The molecule has 0 radical (unpaired) electrons. The van der Waals surface area contributed by atoms with E-state index >= 15 is 0 Å². The van der Waals surface area contributed by atoms with Crippen LogP contribution in [0.15, 0.2) is 0 Å². The van der Waals surface area contributed by atoms with Crippen molar-refractivity contribution in [2.75, 3.05) is 40.4 Å². The molecule has 0 amide bonds. The number of carbonyl (C=O) groups is 2. The second kappa shape index (κ2) is 12.1. The van der Waals surface area contributed by atoms with E-state index in [1.807, 2.05) is 0 Å². The zero-order chi connectivity index (χ0) is 19.6. The first kappa shape index (κ1) is 23.7. The fourth-order valence-electron chi connectivity index (χ4n) is 2.18. The Morgan fingerprint density at radius 1 is 0.960 bits per heavy atom. The molecular weight excluding hydrogens is 340 g/mol. The maximum atomic E-state index is 11.0. The molecule has 0 aliphatic carbocycles. The molecule has 0 aliphatic rings. The number of carboxylic acids is 2. The van der Waals surface area contributed by atoms with Crippen LogP contribution in [0, 0.1) is 0 Å². The van der Waals surface area contributed by atoms with Crippen molar-refractivity contribution in [3.8, 4) is 0 Å². The maximum absolute atomic E-state index is 11.0. The number of carboxylic acid groups (broad SMARTS) is 2. The number of rotatable bonds is 14. The number of aliphatic hydroxyl groups is 4. The molecule has 0 spiro atoms. The minimum Gasteiger partial charge on any atom is -0.481 e. The van der Waals surface area contributed by atoms with E-state index in [1.54, 1.807) is 7.05 Å². The van der Waals surface area contributed by atoms with Crippen molar-refractivity contribution in [3.63, 3.8) is 0 Å². The lowest BCUT2D eigenvalue weighted by molar-refractivity contribution is -0.149. The van der Waals surface area contributed by atoms with Crippen LogP contribution in [-0.4, -0.2) is 117 Å². The average Bonchev–Trinajstić information content (AvgIpc) is 2.48. The van der Waals surface area contributed by atoms with Gasteiger partial charge >= 0.3 is 11.9 Å². The summed E-state index contributed by atoms with van der Waals surface area (Å²) in [4.78, 5) is 24.6. The highest BCUT2D eigenvalue weighted by molar-refractivity contribution is 5.80. The first-order valence-corrected chi connectivity index (χ1v) is 7.71. The molecular formula is C14H28N2O9. The molecule has 25 heavy (non-hydrogen) atoms. The lowest BCUT2D eigenvalue weighted by Gasteiger charge is -2.30. The van der Waals surface area contributed by atoms with Crippen molar-refractivity contribution < 1.29 is 45.0 Å². The summed E-state index contributed by atoms with van der Waals surface area (Å²) in [6.45, 7) is 0.819. The maximum Gasteiger partial charge on any atom is 0.321 e. The Labute approximate surface area is 145 Å². The van der Waals surface area contributed by atoms with Gasteiger partial charge in [-0.3, -0.25) is 19.4 Å². The van der Waals surface area contributed by atoms with E-state index in [0.717, 1.165) is 0 Å². The number of likely N-dealkylation sites (N-methyl/N-ethyl adjacent to an activating group) is 2. The molecule has 0 saturated heterocycles. The summed E-state index contributed by atoms with van der Waals surface area (Å²) in [5.41, 5.74) is 0. The smallest absolute Gasteiger partial charge is 0.321 e. The predicted octanol–water partition coefficient (Wildman–Crippen LogP) is -2.83. The van der Waals surface area contributed by atoms with Crippen LogP contribution in [0.25, 0.3) is 0 Å². The molecule has 0 saturated carbocycles. The summed E-state index contributed by atoms with van der Waals surface area (Å²) >= 11 is 0. The molecule has 0 fully saturated rings. The molecule has 0 aromatic rings. The van der Waals surface area contributed by atoms with Gasteiger partial charge in [0, 0.05) is 19.5 Å². The quantitative estimate of drug-likeness (QED) is 0.138. The molecule has 6 N–H and O–H groups in total. The lowest BCUT2D eigenvalue weighted by Crippen LogP contribution is -2.45. The highest BCUT2D eigenvalue weighted by Gasteiger charge is 2.26. The second-order valence-corrected chi connectivity index (χ2v) is 5.72. The van der Waals surface area contributed by atoms with E-state index in [9.17, 15) is 19.8 Å². The predicted molar refractivity (Wildman–Crippen MR) is 84.6 cm³/mol. The zero-order valence-electron chi connectivity index (χ0n) is 14.4. The van der Waals surface area contributed by atoms with Gasteiger partial charge in [-0.05, 0) is 14.1 Å². The van der Waals surface area contributed by atoms with E-state index in [0.29, 0.717) is 0 Å². The van der Waals surface area contributed by atoms with Gasteiger partial charge in [-0.25, -0.2) is 0 Å². The first-order valence-electron chi connectivity index (χ1n) is 7.71. The van der Waals surface area contributed by atoms with E-state index in [-0.39, 0.29) is 32.7 Å². The number of hydrogen-bond acceptors (Lipinski definition) is 9. The summed E-state index contributed by atoms with van der Waals surface area (Å²) in [6, 6.07) is -2.03. The van der Waals surface area contributed by atoms with Gasteiger partial charge in [0.25, 0.3) is 0 Å². The summed E-state index contributed by atoms with van der Waals surface area (Å²) in [7, 11) is 3.05. The van der Waals surface area contributed by atoms with Gasteiger partial charge in [-0.2, -0.15) is 0 Å². The molecule has 11 heteroatoms. The monoisotopic (exact) mass is 368 g/mol. The van der Waals surface area contributed by atoms with E-state index in [4.69, 9.17) is 25.2 Å². The minimum atomic E-state index is -1.75. The van der Waals surface area contributed by atoms with Crippen molar-refractivity contribution in [1.29, 1.82) is 0 Å². The second-order valence-electron chi connectivity index (χ2n) is 5.72. The third-order valence-corrected chi connectivity index (χ3v) is 3.72. The minimum absolute atomic E-state index is 0.155. The van der Waals surface area contributed by atoms with Gasteiger partial charge < -0.3 is 35.4 Å². The molecule has 0 aromatic carbocycles. The first-order chi connectivity index (χ1) is 11.6. The third-order valence-electron chi connectivity index (χ3n) is 3.72. The van der Waals surface area contributed by atoms with Crippen molar-refractivity contribution >= 4 is 11.9 Å². The van der Waals surface area contributed by atoms with E-state index < -0.39 is 43.0 Å². The van der Waals surface area contributed by atoms with Gasteiger partial charge in [-0.15, -0.1) is 0 Å². The Bertz CT molecular complexity index is 406. The standard InChI is InChI=1S/C14H28N2O9/c1-15(9(13(21)22)7-11(17)18)3-5-25-6-4-16(2)10(14(23)24)8-12(19)20/h9-11,13,17-18,21-22H,3-8H2,1-2H3,(H,19,20)(H,23,24).